The van der Waals surface area contributed by atoms with Gasteiger partial charge in [-0.3, -0.25) is 27.3 Å². The normalized spacial score (nSPS) is 12.9. The number of hydrogen-bond donors (Lipinski definition) is 9. The van der Waals surface area contributed by atoms with Crippen molar-refractivity contribution in [3.8, 4) is 34.5 Å². The zero-order valence-corrected chi connectivity index (χ0v) is 48.9. The lowest BCUT2D eigenvalue weighted by Gasteiger charge is -2.15. The lowest BCUT2D eigenvalue weighted by molar-refractivity contribution is 0.405. The summed E-state index contributed by atoms with van der Waals surface area (Å²) in [6.07, 6.45) is 0. The van der Waals surface area contributed by atoms with E-state index in [1.54, 1.807) is 0 Å². The molecule has 0 amide bonds. The SMILES string of the molecule is COc1cc(N=Nc2c(S(=O)(=O)O)cc3cc(Nc4ccc5c(O)c(N=Nc6cc(OC)c(N=Nc7ccc(S(=O)(=O)O)cc7S(=O)(=O)O)cc6OC)c(S(=O)(=O)O)cc5c4)ccc3c2OC)c(O)cc1N=Nc1ccc(S(=O)(=O)O)cc1S(=O)(=O)O. The molecule has 8 rings (SSSR count). The zero-order valence-electron chi connectivity index (χ0n) is 44.0. The molecule has 0 saturated heterocycles. The van der Waals surface area contributed by atoms with Crippen LogP contribution < -0.4 is 24.3 Å². The summed E-state index contributed by atoms with van der Waals surface area (Å²) in [4.78, 5) is -5.64. The van der Waals surface area contributed by atoms with Crippen molar-refractivity contribution in [3.05, 3.63) is 109 Å². The number of hydrogen-bond acceptors (Lipinski definition) is 27. The third-order valence-corrected chi connectivity index (χ3v) is 17.1. The second-order valence-corrected chi connectivity index (χ2v) is 25.8. The number of anilines is 2. The minimum absolute atomic E-state index is 0.0113. The van der Waals surface area contributed by atoms with E-state index in [4.69, 9.17) is 18.9 Å². The summed E-state index contributed by atoms with van der Waals surface area (Å²) in [6, 6.07) is 18.8. The van der Waals surface area contributed by atoms with Crippen LogP contribution in [0.5, 0.6) is 34.5 Å². The van der Waals surface area contributed by atoms with Gasteiger partial charge in [-0.15, -0.1) is 40.9 Å². The van der Waals surface area contributed by atoms with E-state index in [2.05, 4.69) is 46.2 Å². The average Bonchev–Trinajstić information content (AvgIpc) is 1.06. The molecule has 8 aromatic rings. The number of fused-ring (bicyclic) bond motifs is 2. The fourth-order valence-corrected chi connectivity index (χ4v) is 11.8. The van der Waals surface area contributed by atoms with Gasteiger partial charge >= 0.3 is 0 Å². The van der Waals surface area contributed by atoms with Gasteiger partial charge in [0, 0.05) is 46.4 Å². The average molecular weight is 1320 g/mol. The highest BCUT2D eigenvalue weighted by atomic mass is 32.2. The van der Waals surface area contributed by atoms with Gasteiger partial charge in [0.05, 0.1) is 38.2 Å². The van der Waals surface area contributed by atoms with Crippen LogP contribution in [0.3, 0.4) is 0 Å². The van der Waals surface area contributed by atoms with Crippen LogP contribution in [0, 0.1) is 0 Å². The van der Waals surface area contributed by atoms with E-state index in [-0.39, 0.29) is 73.0 Å². The second-order valence-electron chi connectivity index (χ2n) is 17.4. The number of methoxy groups -OCH3 is 4. The van der Waals surface area contributed by atoms with Crippen LogP contribution >= 0.6 is 0 Å². The summed E-state index contributed by atoms with van der Waals surface area (Å²) in [5, 5.41) is 56.8. The maximum atomic E-state index is 12.9. The first-order chi connectivity index (χ1) is 40.5. The molecule has 0 aliphatic heterocycles. The highest BCUT2D eigenvalue weighted by molar-refractivity contribution is 7.87. The van der Waals surface area contributed by atoms with Crippen LogP contribution in [-0.4, -0.2) is 116 Å². The van der Waals surface area contributed by atoms with E-state index in [1.165, 1.54) is 50.6 Å². The number of nitrogens with zero attached hydrogens (tertiary/aromatic N) is 8. The van der Waals surface area contributed by atoms with E-state index in [9.17, 15) is 88.0 Å². The molecular weight excluding hydrogens is 1280 g/mol. The van der Waals surface area contributed by atoms with E-state index in [0.29, 0.717) is 12.1 Å². The van der Waals surface area contributed by atoms with Crippen molar-refractivity contribution < 1.29 is 107 Å². The van der Waals surface area contributed by atoms with Crippen molar-refractivity contribution in [1.29, 1.82) is 0 Å². The number of phenols is 2. The summed E-state index contributed by atoms with van der Waals surface area (Å²) < 4.78 is 227. The summed E-state index contributed by atoms with van der Waals surface area (Å²) in [6.45, 7) is 0. The predicted octanol–water partition coefficient (Wildman–Crippen LogP) is 10.3. The van der Waals surface area contributed by atoms with E-state index >= 15 is 0 Å². The molecule has 0 heterocycles. The number of nitrogens with one attached hydrogen (secondary N) is 1. The molecule has 8 aromatic carbocycles. The van der Waals surface area contributed by atoms with Crippen LogP contribution in [0.2, 0.25) is 0 Å². The topological polar surface area (TPSA) is 515 Å². The lowest BCUT2D eigenvalue weighted by Crippen LogP contribution is -2.03. The van der Waals surface area contributed by atoms with Gasteiger partial charge in [0.25, 0.3) is 60.7 Å². The summed E-state index contributed by atoms with van der Waals surface area (Å²) >= 11 is 0. The highest BCUT2D eigenvalue weighted by Gasteiger charge is 2.27. The Morgan fingerprint density at radius 2 is 0.713 bits per heavy atom. The number of rotatable bonds is 20. The Morgan fingerprint density at radius 1 is 0.345 bits per heavy atom. The second kappa shape index (κ2) is 23.9. The Hall–Kier alpha value is -9.26. The number of phenolic OH excluding ortho intramolecular Hbond substituents is 2. The summed E-state index contributed by atoms with van der Waals surface area (Å²) in [5.41, 5.74) is -3.10. The quantitative estimate of drug-likeness (QED) is 0.0253. The molecular formula is C48H39N9O24S6. The van der Waals surface area contributed by atoms with Crippen LogP contribution in [0.4, 0.5) is 56.9 Å². The fraction of sp³-hybridized carbons (Fsp3) is 0.0833. The van der Waals surface area contributed by atoms with Crippen LogP contribution in [-0.2, 0) is 60.7 Å². The van der Waals surface area contributed by atoms with Gasteiger partial charge in [-0.05, 0) is 95.7 Å². The maximum absolute atomic E-state index is 12.9. The summed E-state index contributed by atoms with van der Waals surface area (Å²) in [5.74, 6) is -2.27. The minimum atomic E-state index is -5.20. The van der Waals surface area contributed by atoms with Gasteiger partial charge in [0.2, 0.25) is 0 Å². The zero-order chi connectivity index (χ0) is 63.9. The molecule has 0 atom stereocenters. The lowest BCUT2D eigenvalue weighted by atomic mass is 10.1. The molecule has 0 spiro atoms. The Kier molecular flexibility index (Phi) is 17.5. The third kappa shape index (κ3) is 14.0. The molecule has 9 N–H and O–H groups in total. The molecule has 0 unspecified atom stereocenters. The van der Waals surface area contributed by atoms with Crippen LogP contribution in [0.1, 0.15) is 0 Å². The van der Waals surface area contributed by atoms with E-state index in [1.807, 2.05) is 0 Å². The molecule has 0 saturated carbocycles. The summed E-state index contributed by atoms with van der Waals surface area (Å²) in [7, 11) is -25.8. The Labute approximate surface area is 491 Å². The molecule has 0 aliphatic rings. The Morgan fingerprint density at radius 3 is 1.14 bits per heavy atom. The van der Waals surface area contributed by atoms with E-state index in [0.717, 1.165) is 74.9 Å². The molecule has 0 radical (unpaired) electrons. The smallest absolute Gasteiger partial charge is 0.296 e. The molecule has 87 heavy (non-hydrogen) atoms. The fourth-order valence-electron chi connectivity index (χ4n) is 8.00. The van der Waals surface area contributed by atoms with Crippen molar-refractivity contribution in [2.24, 2.45) is 40.9 Å². The third-order valence-electron chi connectivity index (χ3n) is 11.9. The standard InChI is InChI=1S/C48H39N9O24S6/c1-78-38-20-33(37(58)19-34(38)53-50-31-11-7-27(82(60,61)62)17-41(31)84(66,67)68)52-57-46-44(87(75,76)77)16-24-14-26(6-10-30(24)48(46)81-4)49-25-5-9-29-23(13-25)15-43(86(72,73)74)45(47(29)59)56-55-36-22-39(79-2)35(21-40(36)80-3)54-51-32-12-8-28(83(63,64)65)18-42(32)85(69,70)71/h5-22,49,58-59H,1-4H3,(H,60,61,62)(H,63,64,65)(H,66,67,68)(H,69,70,71)(H,72,73,74)(H,75,76,77). The van der Waals surface area contributed by atoms with Crippen molar-refractivity contribution in [2.75, 3.05) is 33.8 Å². The number of aromatic hydroxyl groups is 2. The van der Waals surface area contributed by atoms with Crippen molar-refractivity contribution in [3.63, 3.8) is 0 Å². The highest BCUT2D eigenvalue weighted by Crippen LogP contribution is 2.48. The predicted molar refractivity (Wildman–Crippen MR) is 302 cm³/mol. The molecule has 39 heteroatoms. The Balaban J connectivity index is 1.09. The number of azo groups is 4. The van der Waals surface area contributed by atoms with Gasteiger partial charge < -0.3 is 34.5 Å². The van der Waals surface area contributed by atoms with Crippen molar-refractivity contribution in [2.45, 2.75) is 29.4 Å². The largest absolute Gasteiger partial charge is 0.506 e. The molecule has 0 bridgehead atoms. The molecule has 33 nitrogen and oxygen atoms in total. The van der Waals surface area contributed by atoms with Crippen LogP contribution in [0.15, 0.2) is 179 Å². The van der Waals surface area contributed by atoms with Gasteiger partial charge in [-0.2, -0.15) is 50.5 Å². The van der Waals surface area contributed by atoms with Crippen LogP contribution in [0.25, 0.3) is 21.5 Å². The first kappa shape index (κ1) is 63.8. The minimum Gasteiger partial charge on any atom is -0.506 e. The van der Waals surface area contributed by atoms with Crippen molar-refractivity contribution >= 4 is 139 Å². The van der Waals surface area contributed by atoms with Gasteiger partial charge in [0.1, 0.15) is 88.1 Å². The first-order valence-corrected chi connectivity index (χ1v) is 31.9. The number of benzene rings is 8. The Bertz CT molecular complexity index is 5050. The molecule has 456 valence electrons. The molecule has 0 aromatic heterocycles. The monoisotopic (exact) mass is 1320 g/mol. The van der Waals surface area contributed by atoms with Gasteiger partial charge in [-0.25, -0.2) is 0 Å². The van der Waals surface area contributed by atoms with E-state index < -0.39 is 130 Å². The first-order valence-electron chi connectivity index (χ1n) is 23.2. The number of ether oxygens (including phenoxy) is 4. The van der Waals surface area contributed by atoms with Gasteiger partial charge in [0.15, 0.2) is 11.5 Å². The molecule has 0 aliphatic carbocycles. The van der Waals surface area contributed by atoms with Gasteiger partial charge in [-0.1, -0.05) is 0 Å². The van der Waals surface area contributed by atoms with Crippen molar-refractivity contribution in [1.82, 2.24) is 0 Å². The maximum Gasteiger partial charge on any atom is 0.296 e. The molecule has 0 fully saturated rings.